The molecular weight excluding hydrogens is 414 g/mol. The predicted octanol–water partition coefficient (Wildman–Crippen LogP) is 1.97. The quantitative estimate of drug-likeness (QED) is 0.251. The Morgan fingerprint density at radius 2 is 2.09 bits per heavy atom. The Morgan fingerprint density at radius 1 is 1.30 bits per heavy atom. The molecule has 0 bridgehead atoms. The average Bonchev–Trinajstić information content (AvgIpc) is 2.49. The highest BCUT2D eigenvalue weighted by molar-refractivity contribution is 14.0. The van der Waals surface area contributed by atoms with Crippen LogP contribution in [0.1, 0.15) is 13.8 Å². The minimum absolute atomic E-state index is 0. The first-order valence-corrected chi connectivity index (χ1v) is 7.31. The van der Waals surface area contributed by atoms with Crippen molar-refractivity contribution in [2.24, 2.45) is 4.99 Å². The first-order chi connectivity index (χ1) is 10.7. The van der Waals surface area contributed by atoms with E-state index in [-0.39, 0.29) is 36.4 Å². The van der Waals surface area contributed by atoms with Gasteiger partial charge in [-0.05, 0) is 32.0 Å². The van der Waals surface area contributed by atoms with Crippen molar-refractivity contribution >= 4 is 41.5 Å². The number of hydrogen-bond acceptors (Lipinski definition) is 3. The number of hydrogen-bond donors (Lipinski definition) is 3. The third kappa shape index (κ3) is 10.1. The van der Waals surface area contributed by atoms with Crippen LogP contribution in [0.25, 0.3) is 0 Å². The summed E-state index contributed by atoms with van der Waals surface area (Å²) in [6, 6.07) is 5.73. The standard InChI is InChI=1S/C15H23FN4O2.HI/c1-3-17-15(18-8-9-22-4-2)19-11-14(21)20-13-7-5-6-12(16)10-13;/h5-7,10H,3-4,8-9,11H2,1-2H3,(H,20,21)(H2,17,18,19);1H. The zero-order chi connectivity index (χ0) is 16.2. The van der Waals surface area contributed by atoms with Crippen molar-refractivity contribution in [2.45, 2.75) is 13.8 Å². The number of guanidine groups is 1. The zero-order valence-corrected chi connectivity index (χ0v) is 15.7. The summed E-state index contributed by atoms with van der Waals surface area (Å²) in [5.41, 5.74) is 0.412. The van der Waals surface area contributed by atoms with Gasteiger partial charge in [0.15, 0.2) is 5.96 Å². The van der Waals surface area contributed by atoms with Crippen molar-refractivity contribution in [2.75, 3.05) is 38.2 Å². The molecule has 1 rings (SSSR count). The molecule has 0 heterocycles. The second-order valence-corrected chi connectivity index (χ2v) is 4.38. The second kappa shape index (κ2) is 13.1. The number of nitrogens with zero attached hydrogens (tertiary/aromatic N) is 1. The number of halogens is 2. The lowest BCUT2D eigenvalue weighted by atomic mass is 10.3. The third-order valence-corrected chi connectivity index (χ3v) is 2.58. The Bertz CT molecular complexity index is 500. The highest BCUT2D eigenvalue weighted by Crippen LogP contribution is 2.08. The summed E-state index contributed by atoms with van der Waals surface area (Å²) < 4.78 is 18.2. The maximum atomic E-state index is 13.0. The number of ether oxygens (including phenoxy) is 1. The Hall–Kier alpha value is -1.42. The second-order valence-electron chi connectivity index (χ2n) is 4.38. The number of rotatable bonds is 8. The summed E-state index contributed by atoms with van der Waals surface area (Å²) in [5.74, 6) is -0.170. The highest BCUT2D eigenvalue weighted by Gasteiger charge is 2.03. The molecule has 0 radical (unpaired) electrons. The van der Waals surface area contributed by atoms with Gasteiger partial charge >= 0.3 is 0 Å². The van der Waals surface area contributed by atoms with Crippen LogP contribution in [0.3, 0.4) is 0 Å². The molecule has 0 saturated carbocycles. The molecule has 0 aliphatic heterocycles. The van der Waals surface area contributed by atoms with Gasteiger partial charge in [-0.2, -0.15) is 0 Å². The van der Waals surface area contributed by atoms with Crippen molar-refractivity contribution in [1.29, 1.82) is 0 Å². The minimum atomic E-state index is -0.396. The fraction of sp³-hybridized carbons (Fsp3) is 0.467. The van der Waals surface area contributed by atoms with Gasteiger partial charge in [0.05, 0.1) is 6.61 Å². The molecule has 0 aliphatic carbocycles. The maximum absolute atomic E-state index is 13.0. The maximum Gasteiger partial charge on any atom is 0.246 e. The molecule has 130 valence electrons. The van der Waals surface area contributed by atoms with E-state index in [0.29, 0.717) is 38.0 Å². The lowest BCUT2D eigenvalue weighted by molar-refractivity contribution is -0.114. The van der Waals surface area contributed by atoms with Gasteiger partial charge < -0.3 is 20.7 Å². The van der Waals surface area contributed by atoms with E-state index in [1.54, 1.807) is 6.07 Å². The molecule has 0 aromatic heterocycles. The first kappa shape index (κ1) is 21.6. The fourth-order valence-electron chi connectivity index (χ4n) is 1.65. The summed E-state index contributed by atoms with van der Waals surface area (Å²) in [6.45, 7) is 6.32. The monoisotopic (exact) mass is 438 g/mol. The van der Waals surface area contributed by atoms with Crippen molar-refractivity contribution in [3.05, 3.63) is 30.1 Å². The minimum Gasteiger partial charge on any atom is -0.380 e. The van der Waals surface area contributed by atoms with Gasteiger partial charge in [-0.25, -0.2) is 9.38 Å². The van der Waals surface area contributed by atoms with Crippen molar-refractivity contribution in [3.8, 4) is 0 Å². The van der Waals surface area contributed by atoms with Crippen LogP contribution in [0.2, 0.25) is 0 Å². The molecule has 0 fully saturated rings. The van der Waals surface area contributed by atoms with Gasteiger partial charge in [-0.15, -0.1) is 24.0 Å². The lowest BCUT2D eigenvalue weighted by Gasteiger charge is -2.11. The summed E-state index contributed by atoms with van der Waals surface area (Å²) in [6.07, 6.45) is 0. The van der Waals surface area contributed by atoms with Gasteiger partial charge in [0, 0.05) is 25.4 Å². The summed E-state index contributed by atoms with van der Waals surface area (Å²) in [5, 5.41) is 8.68. The van der Waals surface area contributed by atoms with Gasteiger partial charge in [0.1, 0.15) is 12.4 Å². The smallest absolute Gasteiger partial charge is 0.246 e. The molecule has 1 aromatic carbocycles. The van der Waals surface area contributed by atoms with E-state index in [1.807, 2.05) is 13.8 Å². The van der Waals surface area contributed by atoms with E-state index in [4.69, 9.17) is 4.74 Å². The van der Waals surface area contributed by atoms with Crippen LogP contribution in [-0.2, 0) is 9.53 Å². The Balaban J connectivity index is 0.00000484. The number of aliphatic imine (C=N–C) groups is 1. The number of amides is 1. The van der Waals surface area contributed by atoms with Gasteiger partial charge in [-0.3, -0.25) is 4.79 Å². The summed E-state index contributed by atoms with van der Waals surface area (Å²) in [7, 11) is 0. The topological polar surface area (TPSA) is 74.8 Å². The van der Waals surface area contributed by atoms with Crippen LogP contribution in [0.5, 0.6) is 0 Å². The van der Waals surface area contributed by atoms with Gasteiger partial charge in [0.2, 0.25) is 5.91 Å². The van der Waals surface area contributed by atoms with Crippen LogP contribution in [0, 0.1) is 5.82 Å². The molecule has 0 saturated heterocycles. The largest absolute Gasteiger partial charge is 0.380 e. The Labute approximate surface area is 153 Å². The number of carbonyl (C=O) groups is 1. The van der Waals surface area contributed by atoms with Crippen LogP contribution < -0.4 is 16.0 Å². The van der Waals surface area contributed by atoms with Crippen LogP contribution in [0.15, 0.2) is 29.3 Å². The highest BCUT2D eigenvalue weighted by atomic mass is 127. The summed E-state index contributed by atoms with van der Waals surface area (Å²) >= 11 is 0. The molecular formula is C15H24FIN4O2. The lowest BCUT2D eigenvalue weighted by Crippen LogP contribution is -2.39. The predicted molar refractivity (Wildman–Crippen MR) is 101 cm³/mol. The Morgan fingerprint density at radius 3 is 2.74 bits per heavy atom. The molecule has 3 N–H and O–H groups in total. The van der Waals surface area contributed by atoms with Crippen LogP contribution in [-0.4, -0.2) is 44.7 Å². The van der Waals surface area contributed by atoms with Crippen molar-refractivity contribution in [1.82, 2.24) is 10.6 Å². The first-order valence-electron chi connectivity index (χ1n) is 7.31. The van der Waals surface area contributed by atoms with E-state index in [9.17, 15) is 9.18 Å². The molecule has 0 aliphatic rings. The van der Waals surface area contributed by atoms with Crippen molar-refractivity contribution in [3.63, 3.8) is 0 Å². The van der Waals surface area contributed by atoms with E-state index >= 15 is 0 Å². The van der Waals surface area contributed by atoms with E-state index in [1.165, 1.54) is 18.2 Å². The number of anilines is 1. The molecule has 0 spiro atoms. The Kier molecular flexibility index (Phi) is 12.3. The fourth-order valence-corrected chi connectivity index (χ4v) is 1.65. The number of benzene rings is 1. The van der Waals surface area contributed by atoms with Crippen LogP contribution in [0.4, 0.5) is 10.1 Å². The van der Waals surface area contributed by atoms with E-state index in [0.717, 1.165) is 0 Å². The molecule has 8 heteroatoms. The van der Waals surface area contributed by atoms with Gasteiger partial charge in [0.25, 0.3) is 0 Å². The molecule has 0 unspecified atom stereocenters. The van der Waals surface area contributed by atoms with E-state index < -0.39 is 5.82 Å². The SMILES string of the molecule is CCNC(=NCC(=O)Nc1cccc(F)c1)NCCOCC.I. The molecule has 1 amide bonds. The van der Waals surface area contributed by atoms with Gasteiger partial charge in [-0.1, -0.05) is 6.07 Å². The molecule has 6 nitrogen and oxygen atoms in total. The molecule has 0 atom stereocenters. The molecule has 23 heavy (non-hydrogen) atoms. The summed E-state index contributed by atoms with van der Waals surface area (Å²) in [4.78, 5) is 16.0. The number of carbonyl (C=O) groups excluding carboxylic acids is 1. The third-order valence-electron chi connectivity index (χ3n) is 2.58. The number of nitrogens with one attached hydrogen (secondary N) is 3. The zero-order valence-electron chi connectivity index (χ0n) is 13.4. The average molecular weight is 438 g/mol. The normalized spacial score (nSPS) is 10.7. The van der Waals surface area contributed by atoms with Crippen molar-refractivity contribution < 1.29 is 13.9 Å². The van der Waals surface area contributed by atoms with Crippen LogP contribution >= 0.6 is 24.0 Å². The van der Waals surface area contributed by atoms with E-state index in [2.05, 4.69) is 20.9 Å². The molecule has 1 aromatic rings.